The Morgan fingerprint density at radius 1 is 1.13 bits per heavy atom. The van der Waals surface area contributed by atoms with Crippen molar-refractivity contribution < 1.29 is 19.1 Å². The second-order valence-corrected chi connectivity index (χ2v) is 5.98. The zero-order chi connectivity index (χ0) is 16.8. The van der Waals surface area contributed by atoms with E-state index in [0.29, 0.717) is 44.1 Å². The topological polar surface area (TPSA) is 59.1 Å². The van der Waals surface area contributed by atoms with Crippen LogP contribution in [0.15, 0.2) is 23.2 Å². The van der Waals surface area contributed by atoms with Gasteiger partial charge in [0.2, 0.25) is 0 Å². The van der Waals surface area contributed by atoms with Gasteiger partial charge in [-0.25, -0.2) is 0 Å². The number of amides is 2. The number of hydrogen-bond donors (Lipinski definition) is 0. The summed E-state index contributed by atoms with van der Waals surface area (Å²) < 4.78 is 10.3. The molecule has 0 radical (unpaired) electrons. The van der Waals surface area contributed by atoms with Gasteiger partial charge in [0.1, 0.15) is 5.70 Å². The van der Waals surface area contributed by atoms with Gasteiger partial charge in [0.05, 0.1) is 18.8 Å². The first-order chi connectivity index (χ1) is 11.2. The van der Waals surface area contributed by atoms with Crippen molar-refractivity contribution in [2.24, 2.45) is 0 Å². The maximum Gasteiger partial charge on any atom is 0.277 e. The standard InChI is InChI=1S/C16H22N2O4S/c1-4-18-15(19)13(12-6-5-11-23-12)14(16(18)20)17(7-9-21-2)8-10-22-3/h5-6,11H,4,7-10H2,1-3H3. The van der Waals surface area contributed by atoms with Gasteiger partial charge in [0.15, 0.2) is 0 Å². The van der Waals surface area contributed by atoms with E-state index in [-0.39, 0.29) is 11.8 Å². The van der Waals surface area contributed by atoms with E-state index in [1.54, 1.807) is 21.1 Å². The molecule has 0 fully saturated rings. The van der Waals surface area contributed by atoms with Crippen LogP contribution in [0.3, 0.4) is 0 Å². The van der Waals surface area contributed by atoms with Crippen LogP contribution in [0, 0.1) is 0 Å². The fraction of sp³-hybridized carbons (Fsp3) is 0.500. The Labute approximate surface area is 140 Å². The van der Waals surface area contributed by atoms with E-state index in [4.69, 9.17) is 9.47 Å². The van der Waals surface area contributed by atoms with Crippen LogP contribution in [0.1, 0.15) is 11.8 Å². The monoisotopic (exact) mass is 338 g/mol. The van der Waals surface area contributed by atoms with Crippen LogP contribution in [0.4, 0.5) is 0 Å². The van der Waals surface area contributed by atoms with Crippen molar-refractivity contribution in [2.75, 3.05) is 47.1 Å². The maximum absolute atomic E-state index is 12.7. The molecule has 1 aliphatic rings. The molecule has 1 aliphatic heterocycles. The van der Waals surface area contributed by atoms with E-state index >= 15 is 0 Å². The van der Waals surface area contributed by atoms with Gasteiger partial charge < -0.3 is 14.4 Å². The third kappa shape index (κ3) is 3.63. The third-order valence-corrected chi connectivity index (χ3v) is 4.56. The van der Waals surface area contributed by atoms with Crippen LogP contribution >= 0.6 is 11.3 Å². The summed E-state index contributed by atoms with van der Waals surface area (Å²) in [6.07, 6.45) is 0. The highest BCUT2D eigenvalue weighted by molar-refractivity contribution is 7.11. The number of nitrogens with zero attached hydrogens (tertiary/aromatic N) is 2. The second kappa shape index (κ2) is 8.24. The zero-order valence-electron chi connectivity index (χ0n) is 13.7. The molecule has 0 saturated carbocycles. The van der Waals surface area contributed by atoms with E-state index in [1.807, 2.05) is 22.4 Å². The summed E-state index contributed by atoms with van der Waals surface area (Å²) in [4.78, 5) is 29.4. The van der Waals surface area contributed by atoms with Crippen molar-refractivity contribution in [3.63, 3.8) is 0 Å². The van der Waals surface area contributed by atoms with Crippen LogP contribution in [0.25, 0.3) is 5.57 Å². The summed E-state index contributed by atoms with van der Waals surface area (Å²) in [6.45, 7) is 4.16. The first-order valence-corrected chi connectivity index (χ1v) is 8.40. The summed E-state index contributed by atoms with van der Waals surface area (Å²) in [5.74, 6) is -0.470. The van der Waals surface area contributed by atoms with Crippen LogP contribution < -0.4 is 0 Å². The Hall–Kier alpha value is -1.70. The van der Waals surface area contributed by atoms with E-state index < -0.39 is 0 Å². The Kier molecular flexibility index (Phi) is 6.32. The molecule has 2 heterocycles. The average molecular weight is 338 g/mol. The van der Waals surface area contributed by atoms with Gasteiger partial charge in [-0.2, -0.15) is 0 Å². The number of carbonyl (C=O) groups excluding carboxylic acids is 2. The number of imide groups is 1. The molecule has 0 bridgehead atoms. The van der Waals surface area contributed by atoms with Gasteiger partial charge in [-0.15, -0.1) is 11.3 Å². The second-order valence-electron chi connectivity index (χ2n) is 5.03. The van der Waals surface area contributed by atoms with E-state index in [9.17, 15) is 9.59 Å². The molecular weight excluding hydrogens is 316 g/mol. The molecule has 23 heavy (non-hydrogen) atoms. The van der Waals surface area contributed by atoms with E-state index in [0.717, 1.165) is 4.88 Å². The lowest BCUT2D eigenvalue weighted by molar-refractivity contribution is -0.137. The Morgan fingerprint density at radius 2 is 1.78 bits per heavy atom. The van der Waals surface area contributed by atoms with Crippen molar-refractivity contribution in [3.8, 4) is 0 Å². The third-order valence-electron chi connectivity index (χ3n) is 3.67. The first kappa shape index (κ1) is 17.7. The Bertz CT molecular complexity index is 575. The summed E-state index contributed by atoms with van der Waals surface area (Å²) in [5.41, 5.74) is 0.937. The highest BCUT2D eigenvalue weighted by atomic mass is 32.1. The van der Waals surface area contributed by atoms with Crippen molar-refractivity contribution in [1.82, 2.24) is 9.80 Å². The Balaban J connectivity index is 2.44. The molecule has 0 aliphatic carbocycles. The molecule has 0 spiro atoms. The molecular formula is C16H22N2O4S. The van der Waals surface area contributed by atoms with Gasteiger partial charge >= 0.3 is 0 Å². The predicted octanol–water partition coefficient (Wildman–Crippen LogP) is 1.44. The fourth-order valence-corrected chi connectivity index (χ4v) is 3.29. The maximum atomic E-state index is 12.7. The normalized spacial score (nSPS) is 15.0. The highest BCUT2D eigenvalue weighted by Gasteiger charge is 2.40. The largest absolute Gasteiger partial charge is 0.383 e. The lowest BCUT2D eigenvalue weighted by Crippen LogP contribution is -2.37. The highest BCUT2D eigenvalue weighted by Crippen LogP contribution is 2.33. The number of hydrogen-bond acceptors (Lipinski definition) is 6. The molecule has 7 heteroatoms. The predicted molar refractivity (Wildman–Crippen MR) is 89.0 cm³/mol. The van der Waals surface area contributed by atoms with Gasteiger partial charge in [0.25, 0.3) is 11.8 Å². The minimum Gasteiger partial charge on any atom is -0.383 e. The minimum atomic E-state index is -0.242. The van der Waals surface area contributed by atoms with Crippen LogP contribution in [-0.2, 0) is 19.1 Å². The van der Waals surface area contributed by atoms with Gasteiger partial charge in [-0.3, -0.25) is 14.5 Å². The van der Waals surface area contributed by atoms with Crippen molar-refractivity contribution in [2.45, 2.75) is 6.92 Å². The van der Waals surface area contributed by atoms with Crippen LogP contribution in [-0.4, -0.2) is 68.7 Å². The number of ether oxygens (including phenoxy) is 2. The molecule has 0 unspecified atom stereocenters. The number of methoxy groups -OCH3 is 2. The van der Waals surface area contributed by atoms with Gasteiger partial charge in [0, 0.05) is 38.7 Å². The molecule has 0 aromatic carbocycles. The van der Waals surface area contributed by atoms with E-state index in [2.05, 4.69) is 0 Å². The quantitative estimate of drug-likeness (QED) is 0.638. The van der Waals surface area contributed by atoms with E-state index in [1.165, 1.54) is 16.2 Å². The molecule has 6 nitrogen and oxygen atoms in total. The Morgan fingerprint density at radius 3 is 2.26 bits per heavy atom. The molecule has 126 valence electrons. The molecule has 2 amide bonds. The lowest BCUT2D eigenvalue weighted by atomic mass is 10.1. The average Bonchev–Trinajstić information content (AvgIpc) is 3.14. The van der Waals surface area contributed by atoms with Crippen molar-refractivity contribution in [3.05, 3.63) is 28.1 Å². The van der Waals surface area contributed by atoms with Crippen molar-refractivity contribution >= 4 is 28.7 Å². The zero-order valence-corrected chi connectivity index (χ0v) is 14.5. The minimum absolute atomic E-state index is 0.227. The number of likely N-dealkylation sites (N-methyl/N-ethyl adjacent to an activating group) is 1. The smallest absolute Gasteiger partial charge is 0.277 e. The SMILES string of the molecule is CCN1C(=O)C(c2cccs2)=C(N(CCOC)CCOC)C1=O. The van der Waals surface area contributed by atoms with Crippen LogP contribution in [0.5, 0.6) is 0 Å². The molecule has 2 rings (SSSR count). The summed E-state index contributed by atoms with van der Waals surface area (Å²) in [6, 6.07) is 3.75. The van der Waals surface area contributed by atoms with Crippen molar-refractivity contribution in [1.29, 1.82) is 0 Å². The van der Waals surface area contributed by atoms with Gasteiger partial charge in [-0.1, -0.05) is 6.07 Å². The van der Waals surface area contributed by atoms with Gasteiger partial charge in [-0.05, 0) is 18.4 Å². The van der Waals surface area contributed by atoms with Crippen LogP contribution in [0.2, 0.25) is 0 Å². The molecule has 0 N–H and O–H groups in total. The summed E-state index contributed by atoms with van der Waals surface area (Å²) in [5, 5.41) is 1.90. The molecule has 0 saturated heterocycles. The molecule has 1 aromatic heterocycles. The summed E-state index contributed by atoms with van der Waals surface area (Å²) in [7, 11) is 3.23. The fourth-order valence-electron chi connectivity index (χ4n) is 2.53. The number of carbonyl (C=O) groups is 2. The first-order valence-electron chi connectivity index (χ1n) is 7.52. The molecule has 1 aromatic rings. The summed E-state index contributed by atoms with van der Waals surface area (Å²) >= 11 is 1.46. The lowest BCUT2D eigenvalue weighted by Gasteiger charge is -2.25. The number of rotatable bonds is 9. The molecule has 0 atom stereocenters. The number of thiophene rings is 1.